The lowest BCUT2D eigenvalue weighted by Gasteiger charge is -2.24. The van der Waals surface area contributed by atoms with Crippen LogP contribution >= 0.6 is 0 Å². The molecule has 0 aliphatic rings. The Morgan fingerprint density at radius 3 is 2.54 bits per heavy atom. The molecule has 3 rings (SSSR count). The van der Waals surface area contributed by atoms with Gasteiger partial charge in [0.2, 0.25) is 0 Å². The van der Waals surface area contributed by atoms with E-state index >= 15 is 0 Å². The maximum absolute atomic E-state index is 13.1. The van der Waals surface area contributed by atoms with Gasteiger partial charge in [0.15, 0.2) is 5.65 Å². The molecule has 0 saturated heterocycles. The zero-order chi connectivity index (χ0) is 18.8. The molecule has 136 valence electrons. The van der Waals surface area contributed by atoms with Crippen molar-refractivity contribution in [2.24, 2.45) is 5.73 Å². The highest BCUT2D eigenvalue weighted by Gasteiger charge is 2.22. The Hall–Kier alpha value is -2.73. The minimum absolute atomic E-state index is 0.0500. The molecular formula is C20H25N5O. The zero-order valence-electron chi connectivity index (χ0n) is 15.7. The van der Waals surface area contributed by atoms with Gasteiger partial charge in [-0.25, -0.2) is 9.67 Å². The van der Waals surface area contributed by atoms with Crippen molar-refractivity contribution in [1.82, 2.24) is 19.7 Å². The number of hydrogen-bond acceptors (Lipinski definition) is 4. The normalized spacial score (nSPS) is 12.5. The predicted molar refractivity (Wildman–Crippen MR) is 104 cm³/mol. The van der Waals surface area contributed by atoms with E-state index < -0.39 is 0 Å². The number of aromatic nitrogens is 3. The minimum atomic E-state index is -0.0733. The lowest BCUT2D eigenvalue weighted by molar-refractivity contribution is 0.0750. The Morgan fingerprint density at radius 1 is 1.23 bits per heavy atom. The van der Waals surface area contributed by atoms with Crippen molar-refractivity contribution in [1.29, 1.82) is 0 Å². The van der Waals surface area contributed by atoms with E-state index in [0.717, 1.165) is 22.3 Å². The van der Waals surface area contributed by atoms with Crippen molar-refractivity contribution in [2.45, 2.75) is 32.9 Å². The molecule has 1 unspecified atom stereocenters. The Bertz CT molecular complexity index is 917. The first-order valence-electron chi connectivity index (χ1n) is 8.85. The fourth-order valence-corrected chi connectivity index (χ4v) is 2.88. The van der Waals surface area contributed by atoms with Gasteiger partial charge in [0, 0.05) is 31.2 Å². The van der Waals surface area contributed by atoms with Crippen LogP contribution in [0.4, 0.5) is 0 Å². The summed E-state index contributed by atoms with van der Waals surface area (Å²) in [5.74, 6) is -0.0733. The fourth-order valence-electron chi connectivity index (χ4n) is 2.88. The van der Waals surface area contributed by atoms with Crippen LogP contribution in [0.25, 0.3) is 22.3 Å². The van der Waals surface area contributed by atoms with Crippen LogP contribution in [0.2, 0.25) is 0 Å². The summed E-state index contributed by atoms with van der Waals surface area (Å²) in [5, 5.41) is 5.22. The van der Waals surface area contributed by atoms with Gasteiger partial charge in [-0.2, -0.15) is 5.10 Å². The average molecular weight is 351 g/mol. The van der Waals surface area contributed by atoms with Crippen molar-refractivity contribution in [2.75, 3.05) is 13.6 Å². The highest BCUT2D eigenvalue weighted by molar-refractivity contribution is 6.06. The molecule has 2 aromatic heterocycles. The van der Waals surface area contributed by atoms with E-state index in [1.807, 2.05) is 61.9 Å². The molecule has 3 aromatic rings. The third-order valence-corrected chi connectivity index (χ3v) is 4.68. The molecule has 0 saturated carbocycles. The monoisotopic (exact) mass is 351 g/mol. The molecule has 2 heterocycles. The lowest BCUT2D eigenvalue weighted by Crippen LogP contribution is -2.39. The molecule has 0 spiro atoms. The second-order valence-corrected chi connectivity index (χ2v) is 6.84. The quantitative estimate of drug-likeness (QED) is 0.766. The molecule has 6 heteroatoms. The highest BCUT2D eigenvalue weighted by atomic mass is 16.2. The number of hydrogen-bond donors (Lipinski definition) is 1. The molecule has 0 fully saturated rings. The van der Waals surface area contributed by atoms with Gasteiger partial charge in [0.25, 0.3) is 5.91 Å². The summed E-state index contributed by atoms with van der Waals surface area (Å²) in [6.45, 7) is 6.44. The number of carbonyl (C=O) groups excluding carboxylic acids is 1. The van der Waals surface area contributed by atoms with Crippen molar-refractivity contribution >= 4 is 16.9 Å². The molecule has 0 aliphatic carbocycles. The minimum Gasteiger partial charge on any atom is -0.338 e. The van der Waals surface area contributed by atoms with E-state index in [1.54, 1.807) is 18.1 Å². The molecule has 1 amide bonds. The zero-order valence-corrected chi connectivity index (χ0v) is 15.7. The van der Waals surface area contributed by atoms with E-state index in [1.165, 1.54) is 0 Å². The number of rotatable bonds is 5. The summed E-state index contributed by atoms with van der Waals surface area (Å²) in [6, 6.07) is 11.8. The predicted octanol–water partition coefficient (Wildman–Crippen LogP) is 3.10. The van der Waals surface area contributed by atoms with Crippen LogP contribution < -0.4 is 5.73 Å². The Kier molecular flexibility index (Phi) is 5.04. The van der Waals surface area contributed by atoms with Crippen LogP contribution in [0.15, 0.2) is 42.6 Å². The molecule has 0 radical (unpaired) electrons. The number of nitrogens with zero attached hydrogens (tertiary/aromatic N) is 4. The summed E-state index contributed by atoms with van der Waals surface area (Å²) < 4.78 is 1.85. The summed E-state index contributed by atoms with van der Waals surface area (Å²) >= 11 is 0. The van der Waals surface area contributed by atoms with Gasteiger partial charge < -0.3 is 10.6 Å². The van der Waals surface area contributed by atoms with Crippen LogP contribution in [-0.2, 0) is 0 Å². The number of likely N-dealkylation sites (N-methyl/N-ethyl adjacent to an activating group) is 1. The van der Waals surface area contributed by atoms with Crippen LogP contribution in [0.1, 0.15) is 37.2 Å². The topological polar surface area (TPSA) is 77.0 Å². The van der Waals surface area contributed by atoms with Gasteiger partial charge in [-0.1, -0.05) is 30.3 Å². The molecule has 2 N–H and O–H groups in total. The maximum atomic E-state index is 13.1. The summed E-state index contributed by atoms with van der Waals surface area (Å²) in [5.41, 5.74) is 8.79. The standard InChI is InChI=1S/C20H25N5O/c1-13(2)25-19-17(12-22-25)16(20(26)24(4)14(3)11-21)10-18(23-19)15-8-6-5-7-9-15/h5-10,12-14H,11,21H2,1-4H3. The number of fused-ring (bicyclic) bond motifs is 1. The van der Waals surface area contributed by atoms with Crippen molar-refractivity contribution in [3.8, 4) is 11.3 Å². The molecule has 6 nitrogen and oxygen atoms in total. The van der Waals surface area contributed by atoms with Gasteiger partial charge in [-0.05, 0) is 26.8 Å². The molecule has 1 atom stereocenters. The SMILES string of the molecule is CC(CN)N(C)C(=O)c1cc(-c2ccccc2)nc2c1cnn2C(C)C. The molecule has 0 bridgehead atoms. The van der Waals surface area contributed by atoms with E-state index in [4.69, 9.17) is 10.7 Å². The summed E-state index contributed by atoms with van der Waals surface area (Å²) in [4.78, 5) is 19.6. The van der Waals surface area contributed by atoms with Crippen molar-refractivity contribution in [3.63, 3.8) is 0 Å². The number of carbonyl (C=O) groups is 1. The van der Waals surface area contributed by atoms with Crippen LogP contribution in [0, 0.1) is 0 Å². The van der Waals surface area contributed by atoms with Crippen molar-refractivity contribution < 1.29 is 4.79 Å². The fraction of sp³-hybridized carbons (Fsp3) is 0.350. The van der Waals surface area contributed by atoms with E-state index in [0.29, 0.717) is 12.1 Å². The van der Waals surface area contributed by atoms with Crippen molar-refractivity contribution in [3.05, 3.63) is 48.2 Å². The number of amides is 1. The maximum Gasteiger partial charge on any atom is 0.254 e. The average Bonchev–Trinajstić information content (AvgIpc) is 3.10. The molecule has 26 heavy (non-hydrogen) atoms. The van der Waals surface area contributed by atoms with Crippen LogP contribution in [0.5, 0.6) is 0 Å². The lowest BCUT2D eigenvalue weighted by atomic mass is 10.1. The smallest absolute Gasteiger partial charge is 0.254 e. The van der Waals surface area contributed by atoms with Gasteiger partial charge in [0.05, 0.1) is 22.8 Å². The third kappa shape index (κ3) is 3.20. The Labute approximate surface area is 153 Å². The van der Waals surface area contributed by atoms with Crippen LogP contribution in [0.3, 0.4) is 0 Å². The van der Waals surface area contributed by atoms with Gasteiger partial charge in [-0.3, -0.25) is 4.79 Å². The van der Waals surface area contributed by atoms with E-state index in [2.05, 4.69) is 5.10 Å². The first-order valence-corrected chi connectivity index (χ1v) is 8.85. The van der Waals surface area contributed by atoms with Crippen LogP contribution in [-0.4, -0.2) is 45.2 Å². The van der Waals surface area contributed by atoms with E-state index in [9.17, 15) is 4.79 Å². The number of benzene rings is 1. The second-order valence-electron chi connectivity index (χ2n) is 6.84. The largest absolute Gasteiger partial charge is 0.338 e. The molecule has 1 aromatic carbocycles. The first kappa shape index (κ1) is 18.1. The molecular weight excluding hydrogens is 326 g/mol. The molecule has 0 aliphatic heterocycles. The second kappa shape index (κ2) is 7.25. The van der Waals surface area contributed by atoms with Gasteiger partial charge in [-0.15, -0.1) is 0 Å². The Balaban J connectivity index is 2.22. The van der Waals surface area contributed by atoms with E-state index in [-0.39, 0.29) is 18.0 Å². The third-order valence-electron chi connectivity index (χ3n) is 4.68. The number of pyridine rings is 1. The van der Waals surface area contributed by atoms with Gasteiger partial charge in [0.1, 0.15) is 0 Å². The van der Waals surface area contributed by atoms with Gasteiger partial charge >= 0.3 is 0 Å². The first-order chi connectivity index (χ1) is 12.4. The summed E-state index contributed by atoms with van der Waals surface area (Å²) in [7, 11) is 1.78. The Morgan fingerprint density at radius 2 is 1.92 bits per heavy atom. The summed E-state index contributed by atoms with van der Waals surface area (Å²) in [6.07, 6.45) is 1.73. The highest BCUT2D eigenvalue weighted by Crippen LogP contribution is 2.27. The number of nitrogens with two attached hydrogens (primary N) is 1.